The highest BCUT2D eigenvalue weighted by Gasteiger charge is 1.81. The van der Waals surface area contributed by atoms with Gasteiger partial charge in [0, 0.05) is 13.1 Å². The second-order valence-corrected chi connectivity index (χ2v) is 2.00. The van der Waals surface area contributed by atoms with E-state index in [1.807, 2.05) is 0 Å². The largest absolute Gasteiger partial charge is 0.315 e. The van der Waals surface area contributed by atoms with Gasteiger partial charge >= 0.3 is 0 Å². The summed E-state index contributed by atoms with van der Waals surface area (Å²) in [5.41, 5.74) is 0. The lowest BCUT2D eigenvalue weighted by Gasteiger charge is -2.01. The minimum Gasteiger partial charge on any atom is -0.315 e. The maximum atomic E-state index is 3.66. The van der Waals surface area contributed by atoms with Crippen molar-refractivity contribution in [2.24, 2.45) is 0 Å². The van der Waals surface area contributed by atoms with Gasteiger partial charge in [0.2, 0.25) is 0 Å². The van der Waals surface area contributed by atoms with Crippen molar-refractivity contribution in [3.05, 3.63) is 6.92 Å². The quantitative estimate of drug-likeness (QED) is 0.508. The van der Waals surface area contributed by atoms with Gasteiger partial charge in [-0.1, -0.05) is 6.92 Å². The molecule has 0 atom stereocenters. The van der Waals surface area contributed by atoms with Crippen LogP contribution in [0.25, 0.3) is 0 Å². The van der Waals surface area contributed by atoms with E-state index in [9.17, 15) is 0 Å². The summed E-state index contributed by atoms with van der Waals surface area (Å²) in [4.78, 5) is 0. The highest BCUT2D eigenvalue weighted by atomic mass is 14.9. The SMILES string of the molecule is [CH2]CNCCNCCC. The molecule has 2 nitrogen and oxygen atoms in total. The van der Waals surface area contributed by atoms with Crippen LogP contribution in [0.4, 0.5) is 0 Å². The van der Waals surface area contributed by atoms with Crippen LogP contribution >= 0.6 is 0 Å². The summed E-state index contributed by atoms with van der Waals surface area (Å²) in [5.74, 6) is 0. The van der Waals surface area contributed by atoms with Crippen molar-refractivity contribution >= 4 is 0 Å². The summed E-state index contributed by atoms with van der Waals surface area (Å²) in [6, 6.07) is 0. The molecule has 0 aromatic heterocycles. The number of hydrogen-bond donors (Lipinski definition) is 2. The number of hydrogen-bond acceptors (Lipinski definition) is 2. The van der Waals surface area contributed by atoms with Crippen LogP contribution in [0.3, 0.4) is 0 Å². The molecule has 0 fully saturated rings. The Kier molecular flexibility index (Phi) is 7.85. The van der Waals surface area contributed by atoms with Crippen LogP contribution in [0.1, 0.15) is 13.3 Å². The molecule has 0 aromatic rings. The Balaban J connectivity index is 2.60. The molecule has 0 aliphatic rings. The molecule has 0 heterocycles. The molecule has 0 amide bonds. The van der Waals surface area contributed by atoms with Gasteiger partial charge in [0.05, 0.1) is 0 Å². The monoisotopic (exact) mass is 129 g/mol. The van der Waals surface area contributed by atoms with Crippen LogP contribution in [-0.4, -0.2) is 26.2 Å². The molecule has 2 N–H and O–H groups in total. The Morgan fingerprint density at radius 2 is 1.78 bits per heavy atom. The Labute approximate surface area is 58.0 Å². The first-order valence-corrected chi connectivity index (χ1v) is 3.62. The van der Waals surface area contributed by atoms with Gasteiger partial charge in [0.1, 0.15) is 0 Å². The third kappa shape index (κ3) is 7.92. The Morgan fingerprint density at radius 1 is 1.11 bits per heavy atom. The average Bonchev–Trinajstić information content (AvgIpc) is 1.89. The molecule has 0 aliphatic carbocycles. The van der Waals surface area contributed by atoms with Crippen molar-refractivity contribution in [1.29, 1.82) is 0 Å². The molecule has 0 spiro atoms. The minimum absolute atomic E-state index is 0.827. The molecule has 0 rings (SSSR count). The van der Waals surface area contributed by atoms with Crippen molar-refractivity contribution < 1.29 is 0 Å². The molecular weight excluding hydrogens is 112 g/mol. The Bertz CT molecular complexity index is 40.2. The zero-order valence-electron chi connectivity index (χ0n) is 6.24. The third-order valence-corrected chi connectivity index (χ3v) is 1.08. The lowest BCUT2D eigenvalue weighted by atomic mass is 10.5. The minimum atomic E-state index is 0.827. The van der Waals surface area contributed by atoms with E-state index >= 15 is 0 Å². The predicted molar refractivity (Wildman–Crippen MR) is 41.4 cm³/mol. The smallest absolute Gasteiger partial charge is 0.00767 e. The summed E-state index contributed by atoms with van der Waals surface area (Å²) in [6.45, 7) is 9.87. The van der Waals surface area contributed by atoms with Gasteiger partial charge in [-0.2, -0.15) is 0 Å². The fraction of sp³-hybridized carbons (Fsp3) is 0.857. The van der Waals surface area contributed by atoms with Crippen molar-refractivity contribution in [3.63, 3.8) is 0 Å². The summed E-state index contributed by atoms with van der Waals surface area (Å²) in [5, 5.41) is 6.41. The molecule has 0 saturated carbocycles. The fourth-order valence-corrected chi connectivity index (χ4v) is 0.604. The van der Waals surface area contributed by atoms with Crippen LogP contribution < -0.4 is 10.6 Å². The van der Waals surface area contributed by atoms with Crippen LogP contribution in [-0.2, 0) is 0 Å². The van der Waals surface area contributed by atoms with Gasteiger partial charge in [-0.15, -0.1) is 0 Å². The second-order valence-electron chi connectivity index (χ2n) is 2.00. The van der Waals surface area contributed by atoms with E-state index in [2.05, 4.69) is 24.5 Å². The lowest BCUT2D eigenvalue weighted by molar-refractivity contribution is 0.628. The van der Waals surface area contributed by atoms with E-state index in [4.69, 9.17) is 0 Å². The Morgan fingerprint density at radius 3 is 2.33 bits per heavy atom. The fourth-order valence-electron chi connectivity index (χ4n) is 0.604. The first-order chi connectivity index (χ1) is 4.41. The average molecular weight is 129 g/mol. The summed E-state index contributed by atoms with van der Waals surface area (Å²) >= 11 is 0. The highest BCUT2D eigenvalue weighted by Crippen LogP contribution is 1.67. The highest BCUT2D eigenvalue weighted by molar-refractivity contribution is 4.51. The summed E-state index contributed by atoms with van der Waals surface area (Å²) in [6.07, 6.45) is 1.21. The van der Waals surface area contributed by atoms with E-state index in [1.165, 1.54) is 6.42 Å². The zero-order chi connectivity index (χ0) is 6.95. The standard InChI is InChI=1S/C7H17N2/c1-3-5-9-7-6-8-4-2/h8-9H,2-7H2,1H3. The van der Waals surface area contributed by atoms with Crippen molar-refractivity contribution in [1.82, 2.24) is 10.6 Å². The van der Waals surface area contributed by atoms with Gasteiger partial charge in [0.25, 0.3) is 0 Å². The van der Waals surface area contributed by atoms with E-state index < -0.39 is 0 Å². The van der Waals surface area contributed by atoms with Crippen molar-refractivity contribution in [2.75, 3.05) is 26.2 Å². The summed E-state index contributed by atoms with van der Waals surface area (Å²) in [7, 11) is 0. The normalized spacial score (nSPS) is 10.0. The van der Waals surface area contributed by atoms with Crippen molar-refractivity contribution in [3.8, 4) is 0 Å². The molecule has 0 unspecified atom stereocenters. The van der Waals surface area contributed by atoms with Gasteiger partial charge in [0.15, 0.2) is 0 Å². The van der Waals surface area contributed by atoms with E-state index in [1.54, 1.807) is 0 Å². The van der Waals surface area contributed by atoms with Crippen LogP contribution in [0, 0.1) is 6.92 Å². The third-order valence-electron chi connectivity index (χ3n) is 1.08. The molecule has 55 valence electrons. The second kappa shape index (κ2) is 7.92. The molecule has 0 bridgehead atoms. The molecule has 9 heavy (non-hydrogen) atoms. The number of nitrogens with one attached hydrogen (secondary N) is 2. The van der Waals surface area contributed by atoms with Crippen LogP contribution in [0.2, 0.25) is 0 Å². The van der Waals surface area contributed by atoms with Crippen LogP contribution in [0.15, 0.2) is 0 Å². The molecule has 1 radical (unpaired) electrons. The van der Waals surface area contributed by atoms with E-state index in [0.717, 1.165) is 26.2 Å². The molecule has 0 saturated heterocycles. The molecular formula is C7H17N2. The lowest BCUT2D eigenvalue weighted by Crippen LogP contribution is -2.27. The van der Waals surface area contributed by atoms with Gasteiger partial charge in [-0.3, -0.25) is 0 Å². The topological polar surface area (TPSA) is 24.1 Å². The van der Waals surface area contributed by atoms with Crippen LogP contribution in [0.5, 0.6) is 0 Å². The van der Waals surface area contributed by atoms with E-state index in [-0.39, 0.29) is 0 Å². The zero-order valence-corrected chi connectivity index (χ0v) is 6.24. The first kappa shape index (κ1) is 8.92. The van der Waals surface area contributed by atoms with Gasteiger partial charge in [-0.25, -0.2) is 0 Å². The Hall–Kier alpha value is -0.0800. The van der Waals surface area contributed by atoms with Gasteiger partial charge in [-0.05, 0) is 26.4 Å². The summed E-state index contributed by atoms with van der Waals surface area (Å²) < 4.78 is 0. The maximum absolute atomic E-state index is 3.66. The predicted octanol–water partition coefficient (Wildman–Crippen LogP) is 0.410. The van der Waals surface area contributed by atoms with E-state index in [0.29, 0.717) is 0 Å². The van der Waals surface area contributed by atoms with Gasteiger partial charge < -0.3 is 10.6 Å². The first-order valence-electron chi connectivity index (χ1n) is 3.62. The molecule has 0 aromatic carbocycles. The molecule has 2 heteroatoms. The molecule has 0 aliphatic heterocycles. The van der Waals surface area contributed by atoms with Crippen molar-refractivity contribution in [2.45, 2.75) is 13.3 Å². The number of rotatable bonds is 6. The maximum Gasteiger partial charge on any atom is 0.00767 e.